The van der Waals surface area contributed by atoms with Gasteiger partial charge in [0.05, 0.1) is 11.4 Å². The molecule has 0 fully saturated rings. The molecule has 3 aromatic carbocycles. The third-order valence-electron chi connectivity index (χ3n) is 6.17. The van der Waals surface area contributed by atoms with Crippen molar-refractivity contribution < 1.29 is 0 Å². The van der Waals surface area contributed by atoms with E-state index in [0.717, 1.165) is 45.3 Å². The van der Waals surface area contributed by atoms with Crippen molar-refractivity contribution in [1.29, 1.82) is 0 Å². The van der Waals surface area contributed by atoms with E-state index in [-0.39, 0.29) is 0 Å². The van der Waals surface area contributed by atoms with Crippen molar-refractivity contribution in [3.63, 3.8) is 0 Å². The molecule has 158 valence electrons. The highest BCUT2D eigenvalue weighted by Crippen LogP contribution is 2.28. The average molecular weight is 419 g/mol. The van der Waals surface area contributed by atoms with Crippen LogP contribution in [0.15, 0.2) is 73.1 Å². The molecule has 0 bridgehead atoms. The third-order valence-corrected chi connectivity index (χ3v) is 6.17. The number of nitrogens with one attached hydrogen (secondary N) is 2. The number of hydrogen-bond donors (Lipinski definition) is 2. The average Bonchev–Trinajstić information content (AvgIpc) is 3.48. The highest BCUT2D eigenvalue weighted by Gasteiger charge is 2.11. The predicted octanol–water partition coefficient (Wildman–Crippen LogP) is 7.03. The second-order valence-electron chi connectivity index (χ2n) is 8.45. The van der Waals surface area contributed by atoms with E-state index in [1.807, 2.05) is 12.4 Å². The summed E-state index contributed by atoms with van der Waals surface area (Å²) in [6, 6.07) is 21.2. The third kappa shape index (κ3) is 3.76. The highest BCUT2D eigenvalue weighted by atomic mass is 14.9. The molecule has 0 radical (unpaired) electrons. The van der Waals surface area contributed by atoms with Crippen LogP contribution in [-0.2, 0) is 0 Å². The Labute approximate surface area is 188 Å². The first-order valence-corrected chi connectivity index (χ1v) is 10.8. The van der Waals surface area contributed by atoms with Gasteiger partial charge in [0, 0.05) is 34.6 Å². The fourth-order valence-corrected chi connectivity index (χ4v) is 3.85. The smallest absolute Gasteiger partial charge is 0.138 e. The van der Waals surface area contributed by atoms with E-state index in [4.69, 9.17) is 9.97 Å². The lowest BCUT2D eigenvalue weighted by Gasteiger charge is -2.03. The molecule has 0 unspecified atom stereocenters. The minimum atomic E-state index is 0.880. The Morgan fingerprint density at radius 3 is 1.41 bits per heavy atom. The first kappa shape index (κ1) is 20.0. The van der Waals surface area contributed by atoms with Crippen LogP contribution < -0.4 is 0 Å². The molecule has 0 aliphatic heterocycles. The van der Waals surface area contributed by atoms with Crippen molar-refractivity contribution in [2.45, 2.75) is 27.7 Å². The van der Waals surface area contributed by atoms with E-state index < -0.39 is 0 Å². The van der Waals surface area contributed by atoms with Gasteiger partial charge in [0.1, 0.15) is 11.6 Å². The van der Waals surface area contributed by atoms with E-state index in [2.05, 4.69) is 98.3 Å². The number of aromatic amines is 2. The molecule has 2 aromatic heterocycles. The van der Waals surface area contributed by atoms with Crippen molar-refractivity contribution in [2.75, 3.05) is 0 Å². The summed E-state index contributed by atoms with van der Waals surface area (Å²) >= 11 is 0. The van der Waals surface area contributed by atoms with Gasteiger partial charge < -0.3 is 9.97 Å². The summed E-state index contributed by atoms with van der Waals surface area (Å²) in [6.07, 6.45) is 3.93. The second-order valence-corrected chi connectivity index (χ2v) is 8.45. The Hall–Kier alpha value is -3.92. The van der Waals surface area contributed by atoms with Gasteiger partial charge in [-0.05, 0) is 68.1 Å². The first-order valence-electron chi connectivity index (χ1n) is 10.8. The van der Waals surface area contributed by atoms with E-state index >= 15 is 0 Å². The molecule has 4 nitrogen and oxygen atoms in total. The van der Waals surface area contributed by atoms with Crippen molar-refractivity contribution in [3.05, 3.63) is 95.3 Å². The van der Waals surface area contributed by atoms with Gasteiger partial charge in [0.15, 0.2) is 0 Å². The number of nitrogens with zero attached hydrogens (tertiary/aromatic N) is 2. The quantitative estimate of drug-likeness (QED) is 0.329. The van der Waals surface area contributed by atoms with Crippen LogP contribution in [0, 0.1) is 27.7 Å². The van der Waals surface area contributed by atoms with Gasteiger partial charge in [-0.15, -0.1) is 0 Å². The zero-order valence-electron chi connectivity index (χ0n) is 18.8. The summed E-state index contributed by atoms with van der Waals surface area (Å²) in [5, 5.41) is 0. The Morgan fingerprint density at radius 2 is 0.969 bits per heavy atom. The Balaban J connectivity index is 1.44. The topological polar surface area (TPSA) is 57.4 Å². The lowest BCUT2D eigenvalue weighted by atomic mass is 10.1. The lowest BCUT2D eigenvalue weighted by Crippen LogP contribution is -1.86. The van der Waals surface area contributed by atoms with Crippen LogP contribution in [-0.4, -0.2) is 19.9 Å². The monoisotopic (exact) mass is 418 g/mol. The molecule has 5 rings (SSSR count). The molecule has 2 heterocycles. The molecule has 0 aliphatic carbocycles. The highest BCUT2D eigenvalue weighted by molar-refractivity contribution is 5.72. The van der Waals surface area contributed by atoms with Gasteiger partial charge in [-0.2, -0.15) is 0 Å². The molecular formula is C28H26N4. The summed E-state index contributed by atoms with van der Waals surface area (Å²) < 4.78 is 0. The molecule has 2 N–H and O–H groups in total. The van der Waals surface area contributed by atoms with Crippen molar-refractivity contribution in [1.82, 2.24) is 19.9 Å². The van der Waals surface area contributed by atoms with Gasteiger partial charge in [-0.25, -0.2) is 9.97 Å². The van der Waals surface area contributed by atoms with Gasteiger partial charge >= 0.3 is 0 Å². The van der Waals surface area contributed by atoms with Gasteiger partial charge in [-0.3, -0.25) is 0 Å². The zero-order valence-corrected chi connectivity index (χ0v) is 18.8. The molecule has 32 heavy (non-hydrogen) atoms. The molecule has 0 amide bonds. The van der Waals surface area contributed by atoms with Crippen molar-refractivity contribution in [3.8, 4) is 45.3 Å². The van der Waals surface area contributed by atoms with Crippen LogP contribution in [0.1, 0.15) is 22.3 Å². The summed E-state index contributed by atoms with van der Waals surface area (Å²) in [5.41, 5.74) is 11.3. The van der Waals surface area contributed by atoms with Gasteiger partial charge in [-0.1, -0.05) is 42.5 Å². The molecule has 0 atom stereocenters. The molecular weight excluding hydrogens is 392 g/mol. The van der Waals surface area contributed by atoms with Crippen LogP contribution in [0.25, 0.3) is 45.3 Å². The fraction of sp³-hybridized carbons (Fsp3) is 0.143. The van der Waals surface area contributed by atoms with Crippen LogP contribution in [0.2, 0.25) is 0 Å². The zero-order chi connectivity index (χ0) is 22.2. The summed E-state index contributed by atoms with van der Waals surface area (Å²) in [5.74, 6) is 1.76. The minimum absolute atomic E-state index is 0.880. The first-order chi connectivity index (χ1) is 15.5. The molecule has 0 aliphatic rings. The summed E-state index contributed by atoms with van der Waals surface area (Å²) in [6.45, 7) is 8.50. The number of aryl methyl sites for hydroxylation is 4. The Kier molecular flexibility index (Phi) is 4.98. The molecule has 4 heteroatoms. The fourth-order valence-electron chi connectivity index (χ4n) is 3.85. The van der Waals surface area contributed by atoms with Crippen LogP contribution in [0.5, 0.6) is 0 Å². The van der Waals surface area contributed by atoms with Gasteiger partial charge in [0.2, 0.25) is 0 Å². The number of rotatable bonds is 4. The van der Waals surface area contributed by atoms with Crippen LogP contribution in [0.3, 0.4) is 0 Å². The Morgan fingerprint density at radius 1 is 0.500 bits per heavy atom. The number of benzene rings is 3. The van der Waals surface area contributed by atoms with Crippen molar-refractivity contribution >= 4 is 0 Å². The molecule has 0 saturated heterocycles. The summed E-state index contributed by atoms with van der Waals surface area (Å²) in [4.78, 5) is 16.3. The maximum absolute atomic E-state index is 4.84. The second kappa shape index (κ2) is 7.97. The van der Waals surface area contributed by atoms with Crippen LogP contribution >= 0.6 is 0 Å². The maximum atomic E-state index is 4.84. The minimum Gasteiger partial charge on any atom is -0.344 e. The van der Waals surface area contributed by atoms with E-state index in [9.17, 15) is 0 Å². The molecule has 5 aromatic rings. The van der Waals surface area contributed by atoms with E-state index in [1.54, 1.807) is 0 Å². The number of H-pyrrole nitrogens is 2. The van der Waals surface area contributed by atoms with Crippen LogP contribution in [0.4, 0.5) is 0 Å². The molecule has 0 saturated carbocycles. The Bertz CT molecular complexity index is 1320. The normalized spacial score (nSPS) is 11.1. The SMILES string of the molecule is Cc1ccc(-c2nc(-c3cccc(-c4c[nH]c(-c5ccc(C)c(C)c5)n4)c3)c[nH]2)cc1C. The maximum Gasteiger partial charge on any atom is 0.138 e. The standard InChI is InChI=1S/C28H26N4/c1-17-8-10-23(12-19(17)3)27-29-15-25(31-27)21-6-5-7-22(14-21)26-16-30-28(32-26)24-11-9-18(2)20(4)13-24/h5-16H,1-4H3,(H,29,31)(H,30,32). The number of imidazole rings is 2. The van der Waals surface area contributed by atoms with Gasteiger partial charge in [0.25, 0.3) is 0 Å². The summed E-state index contributed by atoms with van der Waals surface area (Å²) in [7, 11) is 0. The molecule has 0 spiro atoms. The number of aromatic nitrogens is 4. The van der Waals surface area contributed by atoms with Crippen molar-refractivity contribution in [2.24, 2.45) is 0 Å². The predicted molar refractivity (Wildman–Crippen MR) is 131 cm³/mol. The van der Waals surface area contributed by atoms with E-state index in [0.29, 0.717) is 0 Å². The largest absolute Gasteiger partial charge is 0.344 e. The van der Waals surface area contributed by atoms with E-state index in [1.165, 1.54) is 22.3 Å². The lowest BCUT2D eigenvalue weighted by molar-refractivity contribution is 1.28. The number of hydrogen-bond acceptors (Lipinski definition) is 2.